The first-order valence-electron chi connectivity index (χ1n) is 8.31. The van der Waals surface area contributed by atoms with Crippen LogP contribution in [0.4, 0.5) is 23.2 Å². The quantitative estimate of drug-likeness (QED) is 0.385. The van der Waals surface area contributed by atoms with Gasteiger partial charge >= 0.3 is 0 Å². The molecule has 10 heteroatoms. The van der Waals surface area contributed by atoms with Crippen LogP contribution in [-0.2, 0) is 0 Å². The molecule has 0 fully saturated rings. The normalized spacial score (nSPS) is 11.9. The van der Waals surface area contributed by atoms with Gasteiger partial charge < -0.3 is 21.8 Å². The van der Waals surface area contributed by atoms with Crippen molar-refractivity contribution < 1.29 is 22.4 Å². The molecule has 5 N–H and O–H groups in total. The summed E-state index contributed by atoms with van der Waals surface area (Å²) in [6.07, 6.45) is -2.33. The Morgan fingerprint density at radius 1 is 1.25 bits per heavy atom. The molecule has 0 saturated carbocycles. The Labute approximate surface area is 158 Å². The number of carbonyl (C=O) groups excluding carboxylic acids is 1. The number of carbonyl (C=O) groups is 1. The Balaban J connectivity index is 2.51. The summed E-state index contributed by atoms with van der Waals surface area (Å²) in [6, 6.07) is 4.82. The molecule has 0 aliphatic rings. The van der Waals surface area contributed by atoms with Gasteiger partial charge in [-0.25, -0.2) is 17.6 Å². The number of hydrogen-bond acceptors (Lipinski definition) is 5. The van der Waals surface area contributed by atoms with Crippen LogP contribution in [0.1, 0.15) is 22.3 Å². The van der Waals surface area contributed by atoms with E-state index >= 15 is 0 Å². The number of anilines is 1. The fraction of sp³-hybridized carbons (Fsp3) is 0.278. The maximum absolute atomic E-state index is 12.7. The fourth-order valence-corrected chi connectivity index (χ4v) is 2.53. The number of hydrogen-bond donors (Lipinski definition) is 4. The van der Waals surface area contributed by atoms with Gasteiger partial charge in [0.15, 0.2) is 0 Å². The third-order valence-electron chi connectivity index (χ3n) is 3.86. The number of fused-ring (bicyclic) bond motifs is 1. The van der Waals surface area contributed by atoms with Crippen molar-refractivity contribution in [1.29, 1.82) is 5.41 Å². The van der Waals surface area contributed by atoms with Crippen molar-refractivity contribution in [3.05, 3.63) is 41.7 Å². The van der Waals surface area contributed by atoms with Gasteiger partial charge in [0.2, 0.25) is 6.43 Å². The molecule has 0 atom stereocenters. The van der Waals surface area contributed by atoms with Crippen LogP contribution in [0.15, 0.2) is 30.6 Å². The molecule has 150 valence electrons. The summed E-state index contributed by atoms with van der Waals surface area (Å²) in [5.74, 6) is -0.709. The number of halogens is 4. The molecule has 1 amide bonds. The van der Waals surface area contributed by atoms with Crippen molar-refractivity contribution >= 4 is 34.3 Å². The third-order valence-corrected chi connectivity index (χ3v) is 3.86. The Morgan fingerprint density at radius 3 is 2.61 bits per heavy atom. The van der Waals surface area contributed by atoms with Crippen LogP contribution in [0.5, 0.6) is 0 Å². The first-order valence-corrected chi connectivity index (χ1v) is 8.31. The molecule has 0 radical (unpaired) electrons. The molecule has 1 heterocycles. The second kappa shape index (κ2) is 9.67. The number of aromatic nitrogens is 1. The minimum Gasteiger partial charge on any atom is -0.404 e. The van der Waals surface area contributed by atoms with Crippen LogP contribution < -0.4 is 16.4 Å². The smallest absolute Gasteiger partial charge is 0.255 e. The zero-order chi connectivity index (χ0) is 20.7. The fourth-order valence-electron chi connectivity index (χ4n) is 2.53. The number of benzene rings is 1. The van der Waals surface area contributed by atoms with Gasteiger partial charge in [0, 0.05) is 42.5 Å². The van der Waals surface area contributed by atoms with Crippen molar-refractivity contribution in [3.8, 4) is 0 Å². The summed E-state index contributed by atoms with van der Waals surface area (Å²) in [4.78, 5) is 16.5. The van der Waals surface area contributed by atoms with Gasteiger partial charge in [-0.15, -0.1) is 0 Å². The van der Waals surface area contributed by atoms with Crippen LogP contribution in [-0.4, -0.2) is 43.0 Å². The number of nitrogens with two attached hydrogens (primary N) is 1. The zero-order valence-electron chi connectivity index (χ0n) is 14.7. The van der Waals surface area contributed by atoms with Crippen LogP contribution in [0, 0.1) is 5.41 Å². The van der Waals surface area contributed by atoms with Gasteiger partial charge in [-0.05, 0) is 17.7 Å². The molecule has 0 saturated heterocycles. The van der Waals surface area contributed by atoms with Crippen molar-refractivity contribution in [3.63, 3.8) is 0 Å². The van der Waals surface area contributed by atoms with Crippen molar-refractivity contribution in [2.24, 2.45) is 5.73 Å². The predicted octanol–water partition coefficient (Wildman–Crippen LogP) is 3.25. The molecular weight excluding hydrogens is 378 g/mol. The van der Waals surface area contributed by atoms with E-state index in [-0.39, 0.29) is 17.8 Å². The summed E-state index contributed by atoms with van der Waals surface area (Å²) in [7, 11) is 0. The predicted molar refractivity (Wildman–Crippen MR) is 100 cm³/mol. The topological polar surface area (TPSA) is 104 Å². The number of pyridine rings is 1. The van der Waals surface area contributed by atoms with E-state index in [0.29, 0.717) is 22.0 Å². The van der Waals surface area contributed by atoms with Crippen molar-refractivity contribution in [1.82, 2.24) is 10.3 Å². The third kappa shape index (κ3) is 5.18. The van der Waals surface area contributed by atoms with Crippen LogP contribution in [0.3, 0.4) is 0 Å². The molecule has 0 aliphatic carbocycles. The molecule has 0 unspecified atom stereocenters. The number of amides is 1. The highest BCUT2D eigenvalue weighted by molar-refractivity contribution is 6.11. The van der Waals surface area contributed by atoms with Crippen LogP contribution >= 0.6 is 0 Å². The van der Waals surface area contributed by atoms with E-state index in [1.807, 2.05) is 0 Å². The monoisotopic (exact) mass is 397 g/mol. The first-order chi connectivity index (χ1) is 13.4. The highest BCUT2D eigenvalue weighted by Gasteiger charge is 2.18. The molecule has 2 aromatic rings. The maximum Gasteiger partial charge on any atom is 0.255 e. The minimum absolute atomic E-state index is 0.0484. The van der Waals surface area contributed by atoms with Crippen molar-refractivity contribution in [2.75, 3.05) is 18.4 Å². The van der Waals surface area contributed by atoms with Gasteiger partial charge in [-0.3, -0.25) is 9.78 Å². The molecule has 0 aliphatic heterocycles. The summed E-state index contributed by atoms with van der Waals surface area (Å²) < 4.78 is 50.0. The average Bonchev–Trinajstić information content (AvgIpc) is 2.66. The largest absolute Gasteiger partial charge is 0.404 e. The van der Waals surface area contributed by atoms with E-state index in [0.717, 1.165) is 6.21 Å². The summed E-state index contributed by atoms with van der Waals surface area (Å²) >= 11 is 0. The molecule has 28 heavy (non-hydrogen) atoms. The van der Waals surface area contributed by atoms with Crippen LogP contribution in [0.25, 0.3) is 16.5 Å². The van der Waals surface area contributed by atoms with E-state index in [2.05, 4.69) is 15.6 Å². The second-order valence-corrected chi connectivity index (χ2v) is 5.75. The minimum atomic E-state index is -2.68. The maximum atomic E-state index is 12.7. The molecule has 1 aromatic carbocycles. The van der Waals surface area contributed by atoms with Crippen LogP contribution in [0.2, 0.25) is 0 Å². The van der Waals surface area contributed by atoms with E-state index in [1.54, 1.807) is 18.2 Å². The number of rotatable bonds is 9. The lowest BCUT2D eigenvalue weighted by atomic mass is 10.0. The molecule has 0 spiro atoms. The second-order valence-electron chi connectivity index (χ2n) is 5.75. The number of nitrogens with zero attached hydrogens (tertiary/aromatic N) is 1. The van der Waals surface area contributed by atoms with E-state index < -0.39 is 31.7 Å². The first kappa shape index (κ1) is 21.1. The molecule has 6 nitrogen and oxygen atoms in total. The van der Waals surface area contributed by atoms with E-state index in [1.165, 1.54) is 12.4 Å². The van der Waals surface area contributed by atoms with Crippen molar-refractivity contribution in [2.45, 2.75) is 19.3 Å². The number of nitrogens with one attached hydrogen (secondary N) is 3. The Bertz CT molecular complexity index is 886. The lowest BCUT2D eigenvalue weighted by Crippen LogP contribution is -2.27. The Kier molecular flexibility index (Phi) is 7.30. The molecule has 2 rings (SSSR count). The summed E-state index contributed by atoms with van der Waals surface area (Å²) in [5.41, 5.74) is 6.87. The Hall–Kier alpha value is -3.17. The summed E-state index contributed by atoms with van der Waals surface area (Å²) in [5, 5.41) is 12.6. The summed E-state index contributed by atoms with van der Waals surface area (Å²) in [6.45, 7) is -0.985. The molecule has 0 bridgehead atoms. The van der Waals surface area contributed by atoms with Gasteiger partial charge in [-0.1, -0.05) is 6.07 Å². The highest BCUT2D eigenvalue weighted by Crippen LogP contribution is 2.29. The molecule has 1 aromatic heterocycles. The van der Waals surface area contributed by atoms with Gasteiger partial charge in [0.1, 0.15) is 0 Å². The standard InChI is InChI=1S/C18H19F4N5O/c19-15(20)3-4-25-18(28)13-8-26-14-2-1-10(11(6-23)7-24)5-12(14)17(13)27-9-16(21)22/h1-2,5-8,15-16,23H,3-4,9,24H2,(H,25,28)(H,26,27). The highest BCUT2D eigenvalue weighted by atomic mass is 19.3. The lowest BCUT2D eigenvalue weighted by molar-refractivity contribution is 0.0934. The Morgan fingerprint density at radius 2 is 2.00 bits per heavy atom. The van der Waals surface area contributed by atoms with Gasteiger partial charge in [-0.2, -0.15) is 0 Å². The number of alkyl halides is 4. The SMILES string of the molecule is N=CC(=CN)c1ccc2ncc(C(=O)NCCC(F)F)c(NCC(F)F)c2c1. The zero-order valence-corrected chi connectivity index (χ0v) is 14.7. The van der Waals surface area contributed by atoms with E-state index in [9.17, 15) is 22.4 Å². The van der Waals surface area contributed by atoms with E-state index in [4.69, 9.17) is 11.1 Å². The van der Waals surface area contributed by atoms with Gasteiger partial charge in [0.05, 0.1) is 23.3 Å². The lowest BCUT2D eigenvalue weighted by Gasteiger charge is -2.15. The number of allylic oxidation sites excluding steroid dienone is 1. The molecular formula is C18H19F4N5O. The average molecular weight is 397 g/mol. The van der Waals surface area contributed by atoms with Gasteiger partial charge in [0.25, 0.3) is 12.3 Å².